The van der Waals surface area contributed by atoms with Gasteiger partial charge < -0.3 is 14.2 Å². The third kappa shape index (κ3) is 2.42. The number of hydrogen-bond acceptors (Lipinski definition) is 5. The molecule has 1 saturated heterocycles. The van der Waals surface area contributed by atoms with Crippen molar-refractivity contribution in [1.82, 2.24) is 0 Å². The third-order valence-corrected chi connectivity index (χ3v) is 3.02. The van der Waals surface area contributed by atoms with Crippen molar-refractivity contribution in [1.29, 1.82) is 5.26 Å². The first-order chi connectivity index (χ1) is 8.26. The van der Waals surface area contributed by atoms with Crippen LogP contribution in [0.4, 0.5) is 0 Å². The molecule has 0 aliphatic carbocycles. The van der Waals surface area contributed by atoms with Crippen LogP contribution in [0.5, 0.6) is 0 Å². The Morgan fingerprint density at radius 1 is 1.71 bits per heavy atom. The molecule has 5 heteroatoms. The van der Waals surface area contributed by atoms with Gasteiger partial charge in [-0.2, -0.15) is 5.26 Å². The molecule has 0 spiro atoms. The van der Waals surface area contributed by atoms with Gasteiger partial charge in [0, 0.05) is 5.92 Å². The molecule has 0 aromatic carbocycles. The molecule has 0 bridgehead atoms. The summed E-state index contributed by atoms with van der Waals surface area (Å²) < 4.78 is 15.8. The maximum absolute atomic E-state index is 11.8. The second-order valence-corrected chi connectivity index (χ2v) is 4.08. The van der Waals surface area contributed by atoms with Crippen molar-refractivity contribution >= 4 is 5.97 Å². The average Bonchev–Trinajstić information content (AvgIpc) is 2.37. The summed E-state index contributed by atoms with van der Waals surface area (Å²) in [5.41, 5.74) is 0. The van der Waals surface area contributed by atoms with Gasteiger partial charge in [-0.05, 0) is 25.8 Å². The molecule has 3 unspecified atom stereocenters. The van der Waals surface area contributed by atoms with E-state index in [-0.39, 0.29) is 17.6 Å². The Hall–Kier alpha value is -1.54. The van der Waals surface area contributed by atoms with Crippen molar-refractivity contribution in [2.24, 2.45) is 11.8 Å². The predicted molar refractivity (Wildman–Crippen MR) is 57.4 cm³/mol. The van der Waals surface area contributed by atoms with Crippen LogP contribution in [0, 0.1) is 23.2 Å². The van der Waals surface area contributed by atoms with Crippen molar-refractivity contribution in [3.05, 3.63) is 11.8 Å². The summed E-state index contributed by atoms with van der Waals surface area (Å²) in [5.74, 6) is -0.626. The number of nitrogens with zero attached hydrogens (tertiary/aromatic N) is 1. The third-order valence-electron chi connectivity index (χ3n) is 3.02. The quantitative estimate of drug-likeness (QED) is 0.678. The monoisotopic (exact) mass is 237 g/mol. The molecule has 2 rings (SSSR count). The van der Waals surface area contributed by atoms with Crippen LogP contribution >= 0.6 is 0 Å². The second-order valence-electron chi connectivity index (χ2n) is 4.08. The highest BCUT2D eigenvalue weighted by molar-refractivity contribution is 5.75. The molecule has 0 aromatic heterocycles. The standard InChI is InChI=1S/C12H15NO4/c1-2-15-11(14)10-6-8(7-13)17-12-9(10)4-3-5-16-12/h6,9-10,12H,2-5H2,1H3. The van der Waals surface area contributed by atoms with Crippen LogP contribution in [0.1, 0.15) is 19.8 Å². The van der Waals surface area contributed by atoms with Crippen molar-refractivity contribution < 1.29 is 19.0 Å². The molecule has 0 saturated carbocycles. The molecule has 92 valence electrons. The van der Waals surface area contributed by atoms with Gasteiger partial charge in [0.25, 0.3) is 0 Å². The predicted octanol–water partition coefficient (Wildman–Crippen LogP) is 1.36. The summed E-state index contributed by atoms with van der Waals surface area (Å²) >= 11 is 0. The molecule has 17 heavy (non-hydrogen) atoms. The van der Waals surface area contributed by atoms with Crippen molar-refractivity contribution in [2.45, 2.75) is 26.1 Å². The highest BCUT2D eigenvalue weighted by Gasteiger charge is 2.41. The van der Waals surface area contributed by atoms with Gasteiger partial charge in [-0.25, -0.2) is 0 Å². The van der Waals surface area contributed by atoms with E-state index in [4.69, 9.17) is 19.5 Å². The minimum absolute atomic E-state index is 0.0418. The molecule has 0 N–H and O–H groups in total. The number of ether oxygens (including phenoxy) is 3. The number of nitriles is 1. The van der Waals surface area contributed by atoms with Crippen LogP contribution < -0.4 is 0 Å². The smallest absolute Gasteiger partial charge is 0.313 e. The van der Waals surface area contributed by atoms with Gasteiger partial charge in [0.1, 0.15) is 6.07 Å². The normalized spacial score (nSPS) is 31.5. The zero-order valence-electron chi connectivity index (χ0n) is 9.72. The molecule has 2 aliphatic rings. The van der Waals surface area contributed by atoms with Gasteiger partial charge in [-0.15, -0.1) is 0 Å². The van der Waals surface area contributed by atoms with Gasteiger partial charge in [-0.1, -0.05) is 0 Å². The number of fused-ring (bicyclic) bond motifs is 1. The molecular formula is C12H15NO4. The zero-order chi connectivity index (χ0) is 12.3. The highest BCUT2D eigenvalue weighted by atomic mass is 16.7. The summed E-state index contributed by atoms with van der Waals surface area (Å²) in [6, 6.07) is 1.92. The lowest BCUT2D eigenvalue weighted by Gasteiger charge is -2.37. The summed E-state index contributed by atoms with van der Waals surface area (Å²) in [7, 11) is 0. The average molecular weight is 237 g/mol. The first kappa shape index (κ1) is 11.9. The van der Waals surface area contributed by atoms with Crippen molar-refractivity contribution in [2.75, 3.05) is 13.2 Å². The molecule has 0 aromatic rings. The van der Waals surface area contributed by atoms with Gasteiger partial charge >= 0.3 is 5.97 Å². The number of esters is 1. The Morgan fingerprint density at radius 2 is 2.53 bits per heavy atom. The Kier molecular flexibility index (Phi) is 3.64. The van der Waals surface area contributed by atoms with Crippen LogP contribution in [-0.4, -0.2) is 25.5 Å². The van der Waals surface area contributed by atoms with Crippen molar-refractivity contribution in [3.63, 3.8) is 0 Å². The summed E-state index contributed by atoms with van der Waals surface area (Å²) in [6.07, 6.45) is 2.81. The van der Waals surface area contributed by atoms with Crippen LogP contribution in [0.25, 0.3) is 0 Å². The summed E-state index contributed by atoms with van der Waals surface area (Å²) in [5, 5.41) is 8.86. The lowest BCUT2D eigenvalue weighted by Crippen LogP contribution is -2.42. The topological polar surface area (TPSA) is 68.6 Å². The summed E-state index contributed by atoms with van der Waals surface area (Å²) in [6.45, 7) is 2.71. The van der Waals surface area contributed by atoms with Gasteiger partial charge in [0.15, 0.2) is 5.76 Å². The largest absolute Gasteiger partial charge is 0.466 e. The molecule has 1 fully saturated rings. The van der Waals surface area contributed by atoms with E-state index in [1.807, 2.05) is 6.07 Å². The lowest BCUT2D eigenvalue weighted by molar-refractivity contribution is -0.194. The molecule has 2 heterocycles. The van der Waals surface area contributed by atoms with Crippen LogP contribution in [0.3, 0.4) is 0 Å². The first-order valence-electron chi connectivity index (χ1n) is 5.83. The Bertz CT molecular complexity index is 371. The van der Waals surface area contributed by atoms with E-state index in [0.717, 1.165) is 12.8 Å². The maximum atomic E-state index is 11.8. The minimum atomic E-state index is -0.488. The van der Waals surface area contributed by atoms with E-state index in [9.17, 15) is 4.79 Å². The fourth-order valence-electron chi connectivity index (χ4n) is 2.24. The van der Waals surface area contributed by atoms with E-state index in [1.165, 1.54) is 0 Å². The fourth-order valence-corrected chi connectivity index (χ4v) is 2.24. The van der Waals surface area contributed by atoms with Crippen LogP contribution in [0.15, 0.2) is 11.8 Å². The van der Waals surface area contributed by atoms with E-state index in [0.29, 0.717) is 13.2 Å². The number of carbonyl (C=O) groups excluding carboxylic acids is 1. The van der Waals surface area contributed by atoms with E-state index in [1.54, 1.807) is 13.0 Å². The fraction of sp³-hybridized carbons (Fsp3) is 0.667. The van der Waals surface area contributed by atoms with Gasteiger partial charge in [-0.3, -0.25) is 4.79 Å². The maximum Gasteiger partial charge on any atom is 0.313 e. The molecule has 0 amide bonds. The first-order valence-corrected chi connectivity index (χ1v) is 5.83. The van der Waals surface area contributed by atoms with Gasteiger partial charge in [0.2, 0.25) is 6.29 Å². The SMILES string of the molecule is CCOC(=O)C1C=C(C#N)OC2OCCCC21. The number of hydrogen-bond donors (Lipinski definition) is 0. The Morgan fingerprint density at radius 3 is 3.24 bits per heavy atom. The van der Waals surface area contributed by atoms with E-state index >= 15 is 0 Å². The molecular weight excluding hydrogens is 222 g/mol. The highest BCUT2D eigenvalue weighted by Crippen LogP contribution is 2.35. The van der Waals surface area contributed by atoms with Crippen molar-refractivity contribution in [3.8, 4) is 6.07 Å². The number of allylic oxidation sites excluding steroid dienone is 1. The van der Waals surface area contributed by atoms with Crippen LogP contribution in [-0.2, 0) is 19.0 Å². The van der Waals surface area contributed by atoms with Gasteiger partial charge in [0.05, 0.1) is 19.1 Å². The molecule has 5 nitrogen and oxygen atoms in total. The second kappa shape index (κ2) is 5.19. The Balaban J connectivity index is 2.20. The zero-order valence-corrected chi connectivity index (χ0v) is 9.72. The molecule has 2 aliphatic heterocycles. The summed E-state index contributed by atoms with van der Waals surface area (Å²) in [4.78, 5) is 11.8. The number of carbonyl (C=O) groups is 1. The molecule has 0 radical (unpaired) electrons. The number of rotatable bonds is 2. The van der Waals surface area contributed by atoms with Crippen LogP contribution in [0.2, 0.25) is 0 Å². The van der Waals surface area contributed by atoms with E-state index < -0.39 is 12.2 Å². The van der Waals surface area contributed by atoms with E-state index in [2.05, 4.69) is 0 Å². The lowest BCUT2D eigenvalue weighted by atomic mass is 9.84. The Labute approximate surface area is 99.9 Å². The molecule has 3 atom stereocenters. The minimum Gasteiger partial charge on any atom is -0.466 e.